The number of halogens is 3. The molecule has 1 rings (SSSR count). The van der Waals surface area contributed by atoms with Gasteiger partial charge in [0.1, 0.15) is 0 Å². The molecule has 1 aromatic carbocycles. The van der Waals surface area contributed by atoms with Gasteiger partial charge >= 0.3 is 12.0 Å². The van der Waals surface area contributed by atoms with Crippen molar-refractivity contribution in [3.63, 3.8) is 0 Å². The lowest BCUT2D eigenvalue weighted by Gasteiger charge is -2.09. The molecule has 0 aliphatic heterocycles. The Labute approximate surface area is 104 Å². The Morgan fingerprint density at radius 2 is 1.74 bits per heavy atom. The normalized spacial score (nSPS) is 11.8. The number of carboxylic acids is 1. The number of rotatable bonds is 4. The third-order valence-electron chi connectivity index (χ3n) is 1.98. The maximum atomic E-state index is 12.8. The zero-order valence-corrected chi connectivity index (χ0v) is 9.28. The molecule has 1 aromatic rings. The Hall–Kier alpha value is -2.29. The molecular formula is C10H9F3N2O4. The third kappa shape index (κ3) is 4.14. The van der Waals surface area contributed by atoms with E-state index in [1.54, 1.807) is 0 Å². The second-order valence-electron chi connectivity index (χ2n) is 3.44. The number of aliphatic hydroxyl groups excluding tert-OH is 1. The molecule has 1 atom stereocenters. The summed E-state index contributed by atoms with van der Waals surface area (Å²) in [5.74, 6) is -6.19. The molecule has 0 aliphatic rings. The van der Waals surface area contributed by atoms with Crippen molar-refractivity contribution < 1.29 is 33.0 Å². The van der Waals surface area contributed by atoms with Crippen LogP contribution in [0.5, 0.6) is 0 Å². The molecule has 0 fully saturated rings. The fraction of sp³-hybridized carbons (Fsp3) is 0.200. The highest BCUT2D eigenvalue weighted by Crippen LogP contribution is 2.17. The molecule has 9 heteroatoms. The summed E-state index contributed by atoms with van der Waals surface area (Å²) >= 11 is 0. The third-order valence-corrected chi connectivity index (χ3v) is 1.98. The SMILES string of the molecule is O=C(NC[C@H](O)C(=O)O)Nc1cc(F)c(F)c(F)c1. The van der Waals surface area contributed by atoms with Gasteiger partial charge in [-0.25, -0.2) is 22.8 Å². The Morgan fingerprint density at radius 1 is 1.21 bits per heavy atom. The lowest BCUT2D eigenvalue weighted by Crippen LogP contribution is -2.38. The van der Waals surface area contributed by atoms with E-state index in [1.165, 1.54) is 0 Å². The molecule has 104 valence electrons. The van der Waals surface area contributed by atoms with Gasteiger partial charge in [-0.1, -0.05) is 0 Å². The number of carboxylic acid groups (broad SMARTS) is 1. The van der Waals surface area contributed by atoms with Gasteiger partial charge in [0.25, 0.3) is 0 Å². The fourth-order valence-electron chi connectivity index (χ4n) is 1.08. The first-order chi connectivity index (χ1) is 8.81. The first-order valence-corrected chi connectivity index (χ1v) is 4.91. The number of hydrogen-bond donors (Lipinski definition) is 4. The molecule has 6 nitrogen and oxygen atoms in total. The lowest BCUT2D eigenvalue weighted by molar-refractivity contribution is -0.146. The van der Waals surface area contributed by atoms with Crippen LogP contribution in [0, 0.1) is 17.5 Å². The van der Waals surface area contributed by atoms with Crippen molar-refractivity contribution in [2.24, 2.45) is 0 Å². The molecule has 4 N–H and O–H groups in total. The molecule has 0 aromatic heterocycles. The average Bonchev–Trinajstić information content (AvgIpc) is 2.32. The largest absolute Gasteiger partial charge is 0.479 e. The number of benzene rings is 1. The van der Waals surface area contributed by atoms with E-state index in [9.17, 15) is 22.8 Å². The molecule has 19 heavy (non-hydrogen) atoms. The Balaban J connectivity index is 2.60. The van der Waals surface area contributed by atoms with Crippen molar-refractivity contribution in [1.82, 2.24) is 5.32 Å². The number of nitrogens with one attached hydrogen (secondary N) is 2. The van der Waals surface area contributed by atoms with Gasteiger partial charge in [-0.05, 0) is 0 Å². The van der Waals surface area contributed by atoms with E-state index in [0.29, 0.717) is 12.1 Å². The zero-order valence-electron chi connectivity index (χ0n) is 9.28. The van der Waals surface area contributed by atoms with Gasteiger partial charge in [0.05, 0.1) is 6.54 Å². The van der Waals surface area contributed by atoms with Crippen LogP contribution < -0.4 is 10.6 Å². The van der Waals surface area contributed by atoms with Crippen LogP contribution in [0.25, 0.3) is 0 Å². The van der Waals surface area contributed by atoms with Gasteiger partial charge in [0, 0.05) is 17.8 Å². The first-order valence-electron chi connectivity index (χ1n) is 4.91. The molecule has 0 bridgehead atoms. The van der Waals surface area contributed by atoms with Crippen molar-refractivity contribution in [2.75, 3.05) is 11.9 Å². The van der Waals surface area contributed by atoms with Crippen LogP contribution in [0.2, 0.25) is 0 Å². The minimum Gasteiger partial charge on any atom is -0.479 e. The van der Waals surface area contributed by atoms with Crippen molar-refractivity contribution in [2.45, 2.75) is 6.10 Å². The number of amides is 2. The number of carbonyl (C=O) groups excluding carboxylic acids is 1. The summed E-state index contributed by atoms with van der Waals surface area (Å²) in [7, 11) is 0. The van der Waals surface area contributed by atoms with Crippen molar-refractivity contribution >= 4 is 17.7 Å². The van der Waals surface area contributed by atoms with Crippen molar-refractivity contribution in [3.05, 3.63) is 29.6 Å². The van der Waals surface area contributed by atoms with Gasteiger partial charge in [0.2, 0.25) is 0 Å². The van der Waals surface area contributed by atoms with Crippen LogP contribution in [-0.4, -0.2) is 34.9 Å². The molecule has 0 saturated heterocycles. The Bertz CT molecular complexity index is 487. The van der Waals surface area contributed by atoms with Crippen molar-refractivity contribution in [3.8, 4) is 0 Å². The summed E-state index contributed by atoms with van der Waals surface area (Å²) in [4.78, 5) is 21.4. The number of urea groups is 1. The van der Waals surface area contributed by atoms with Crippen LogP contribution in [-0.2, 0) is 4.79 Å². The predicted octanol–water partition coefficient (Wildman–Crippen LogP) is 0.671. The predicted molar refractivity (Wildman–Crippen MR) is 57.0 cm³/mol. The quantitative estimate of drug-likeness (QED) is 0.608. The number of carbonyl (C=O) groups is 2. The highest BCUT2D eigenvalue weighted by atomic mass is 19.2. The van der Waals surface area contributed by atoms with E-state index >= 15 is 0 Å². The molecule has 0 saturated carbocycles. The van der Waals surface area contributed by atoms with E-state index in [4.69, 9.17) is 10.2 Å². The lowest BCUT2D eigenvalue weighted by atomic mass is 10.3. The van der Waals surface area contributed by atoms with Crippen molar-refractivity contribution in [1.29, 1.82) is 0 Å². The monoisotopic (exact) mass is 278 g/mol. The minimum absolute atomic E-state index is 0.362. The van der Waals surface area contributed by atoms with Crippen LogP contribution in [0.3, 0.4) is 0 Å². The van der Waals surface area contributed by atoms with E-state index in [-0.39, 0.29) is 5.69 Å². The molecule has 0 heterocycles. The smallest absolute Gasteiger partial charge is 0.334 e. The summed E-state index contributed by atoms with van der Waals surface area (Å²) in [6, 6.07) is 0.0859. The second-order valence-corrected chi connectivity index (χ2v) is 3.44. The average molecular weight is 278 g/mol. The van der Waals surface area contributed by atoms with E-state index in [2.05, 4.69) is 0 Å². The van der Waals surface area contributed by atoms with Gasteiger partial charge in [-0.3, -0.25) is 0 Å². The summed E-state index contributed by atoms with van der Waals surface area (Å²) in [6.45, 7) is -0.604. The molecule has 2 amide bonds. The van der Waals surface area contributed by atoms with Crippen LogP contribution >= 0.6 is 0 Å². The van der Waals surface area contributed by atoms with E-state index < -0.39 is 42.1 Å². The van der Waals surface area contributed by atoms with Crippen LogP contribution in [0.4, 0.5) is 23.7 Å². The van der Waals surface area contributed by atoms with Gasteiger partial charge in [0.15, 0.2) is 23.6 Å². The molecule has 0 unspecified atom stereocenters. The van der Waals surface area contributed by atoms with E-state index in [0.717, 1.165) is 0 Å². The molecular weight excluding hydrogens is 269 g/mol. The Morgan fingerprint density at radius 3 is 2.21 bits per heavy atom. The molecule has 0 aliphatic carbocycles. The highest BCUT2D eigenvalue weighted by molar-refractivity contribution is 5.89. The summed E-state index contributed by atoms with van der Waals surface area (Å²) in [5.41, 5.74) is -0.362. The summed E-state index contributed by atoms with van der Waals surface area (Å²) < 4.78 is 38.2. The number of aliphatic hydroxyl groups is 1. The maximum Gasteiger partial charge on any atom is 0.334 e. The van der Waals surface area contributed by atoms with Gasteiger partial charge < -0.3 is 20.8 Å². The standard InChI is InChI=1S/C10H9F3N2O4/c11-5-1-4(2-6(12)8(5)13)15-10(19)14-3-7(16)9(17)18/h1-2,7,16H,3H2,(H,17,18)(H2,14,15,19)/t7-/m0/s1. The molecule has 0 spiro atoms. The van der Waals surface area contributed by atoms with E-state index in [1.807, 2.05) is 10.6 Å². The minimum atomic E-state index is -1.81. The van der Waals surface area contributed by atoms with Crippen LogP contribution in [0.1, 0.15) is 0 Å². The highest BCUT2D eigenvalue weighted by Gasteiger charge is 2.15. The zero-order chi connectivity index (χ0) is 14.6. The number of hydrogen-bond acceptors (Lipinski definition) is 3. The van der Waals surface area contributed by atoms with Gasteiger partial charge in [-0.2, -0.15) is 0 Å². The second kappa shape index (κ2) is 6.05. The number of anilines is 1. The topological polar surface area (TPSA) is 98.7 Å². The summed E-state index contributed by atoms with van der Waals surface area (Å²) in [5, 5.41) is 21.1. The number of aliphatic carboxylic acids is 1. The van der Waals surface area contributed by atoms with Crippen LogP contribution in [0.15, 0.2) is 12.1 Å². The van der Waals surface area contributed by atoms with Gasteiger partial charge in [-0.15, -0.1) is 0 Å². The molecule has 0 radical (unpaired) electrons. The fourth-order valence-corrected chi connectivity index (χ4v) is 1.08. The Kier molecular flexibility index (Phi) is 4.70. The maximum absolute atomic E-state index is 12.8. The summed E-state index contributed by atoms with van der Waals surface area (Å²) in [6.07, 6.45) is -1.81. The first kappa shape index (κ1) is 14.8.